The van der Waals surface area contributed by atoms with Crippen molar-refractivity contribution in [3.63, 3.8) is 0 Å². The molecule has 4 rings (SSSR count). The lowest BCUT2D eigenvalue weighted by molar-refractivity contribution is -0.120. The summed E-state index contributed by atoms with van der Waals surface area (Å²) in [4.78, 5) is 41.5. The number of aryl methyl sites for hydroxylation is 2. The quantitative estimate of drug-likeness (QED) is 0.282. The van der Waals surface area contributed by atoms with E-state index in [-0.39, 0.29) is 16.7 Å². The number of rotatable bonds is 7. The molecular formula is C28H25ClN2O4S. The number of imide groups is 1. The maximum atomic E-state index is 13.6. The summed E-state index contributed by atoms with van der Waals surface area (Å²) in [5.41, 5.74) is 3.66. The van der Waals surface area contributed by atoms with Crippen LogP contribution in [0.1, 0.15) is 35.3 Å². The van der Waals surface area contributed by atoms with Gasteiger partial charge in [-0.05, 0) is 99.5 Å². The molecule has 0 radical (unpaired) electrons. The van der Waals surface area contributed by atoms with Crippen LogP contribution in [0.2, 0.25) is 5.02 Å². The van der Waals surface area contributed by atoms with Gasteiger partial charge in [-0.15, -0.1) is 0 Å². The summed E-state index contributed by atoms with van der Waals surface area (Å²) < 4.78 is 5.22. The first kappa shape index (κ1) is 25.5. The molecule has 0 atom stereocenters. The van der Waals surface area contributed by atoms with Gasteiger partial charge in [0.05, 0.1) is 17.4 Å². The predicted molar refractivity (Wildman–Crippen MR) is 143 cm³/mol. The van der Waals surface area contributed by atoms with Crippen molar-refractivity contribution >= 4 is 52.5 Å². The third-order valence-electron chi connectivity index (χ3n) is 5.27. The molecule has 0 fully saturated rings. The molecule has 1 heterocycles. The zero-order valence-corrected chi connectivity index (χ0v) is 21.9. The number of carbonyl (C=O) groups excluding carboxylic acids is 3. The van der Waals surface area contributed by atoms with Crippen molar-refractivity contribution in [3.8, 4) is 0 Å². The van der Waals surface area contributed by atoms with E-state index in [0.29, 0.717) is 22.0 Å². The van der Waals surface area contributed by atoms with Crippen LogP contribution in [0.4, 0.5) is 11.4 Å². The van der Waals surface area contributed by atoms with Crippen LogP contribution in [0.5, 0.6) is 0 Å². The third kappa shape index (κ3) is 5.64. The Balaban J connectivity index is 1.69. The largest absolute Gasteiger partial charge is 0.459 e. The fourth-order valence-corrected chi connectivity index (χ4v) is 4.84. The number of esters is 1. The monoisotopic (exact) mass is 520 g/mol. The van der Waals surface area contributed by atoms with Gasteiger partial charge in [0.1, 0.15) is 10.6 Å². The van der Waals surface area contributed by atoms with Gasteiger partial charge in [0.25, 0.3) is 11.8 Å². The Morgan fingerprint density at radius 1 is 0.917 bits per heavy atom. The molecule has 6 nitrogen and oxygen atoms in total. The summed E-state index contributed by atoms with van der Waals surface area (Å²) >= 11 is 7.21. The molecule has 0 saturated carbocycles. The molecule has 0 saturated heterocycles. The minimum Gasteiger partial charge on any atom is -0.459 e. The Hall–Kier alpha value is -3.55. The number of nitrogens with one attached hydrogen (secondary N) is 1. The highest BCUT2D eigenvalue weighted by Crippen LogP contribution is 2.38. The van der Waals surface area contributed by atoms with Crippen molar-refractivity contribution in [1.82, 2.24) is 0 Å². The van der Waals surface area contributed by atoms with Gasteiger partial charge < -0.3 is 10.1 Å². The average molecular weight is 521 g/mol. The number of nitrogens with zero attached hydrogens (tertiary/aromatic N) is 1. The van der Waals surface area contributed by atoms with Crippen molar-refractivity contribution in [3.05, 3.63) is 99.0 Å². The lowest BCUT2D eigenvalue weighted by Gasteiger charge is -2.16. The van der Waals surface area contributed by atoms with E-state index in [4.69, 9.17) is 16.3 Å². The maximum Gasteiger partial charge on any atom is 0.338 e. The van der Waals surface area contributed by atoms with Crippen LogP contribution in [-0.2, 0) is 14.3 Å². The van der Waals surface area contributed by atoms with E-state index in [0.717, 1.165) is 20.9 Å². The van der Waals surface area contributed by atoms with Gasteiger partial charge >= 0.3 is 5.97 Å². The van der Waals surface area contributed by atoms with Crippen LogP contribution in [0.3, 0.4) is 0 Å². The molecular weight excluding hydrogens is 496 g/mol. The van der Waals surface area contributed by atoms with Crippen molar-refractivity contribution < 1.29 is 19.1 Å². The number of hydrogen-bond donors (Lipinski definition) is 1. The van der Waals surface area contributed by atoms with Crippen LogP contribution < -0.4 is 10.2 Å². The summed E-state index contributed by atoms with van der Waals surface area (Å²) in [5.74, 6) is -1.40. The molecule has 1 aliphatic rings. The number of anilines is 2. The number of halogens is 1. The standard InChI is InChI=1S/C28H25ClN2O4S/c1-16(2)35-28(34)19-5-9-22(10-6-19)31-26(32)24(30-21-14-17(3)13-18(4)15-21)25(27(31)33)36-23-11-7-20(29)8-12-23/h5-16,30H,1-4H3. The van der Waals surface area contributed by atoms with E-state index in [1.54, 1.807) is 62.4 Å². The van der Waals surface area contributed by atoms with Crippen LogP contribution in [0.15, 0.2) is 82.2 Å². The predicted octanol–water partition coefficient (Wildman–Crippen LogP) is 6.51. The lowest BCUT2D eigenvalue weighted by Crippen LogP contribution is -2.32. The normalized spacial score (nSPS) is 13.6. The maximum absolute atomic E-state index is 13.6. The second kappa shape index (κ2) is 10.6. The zero-order chi connectivity index (χ0) is 26.0. The molecule has 0 aromatic heterocycles. The molecule has 184 valence electrons. The minimum absolute atomic E-state index is 0.188. The number of thioether (sulfide) groups is 1. The van der Waals surface area contributed by atoms with E-state index in [9.17, 15) is 14.4 Å². The Kier molecular flexibility index (Phi) is 7.52. The highest BCUT2D eigenvalue weighted by Gasteiger charge is 2.40. The lowest BCUT2D eigenvalue weighted by atomic mass is 10.1. The minimum atomic E-state index is -0.479. The van der Waals surface area contributed by atoms with Crippen LogP contribution in [0.25, 0.3) is 0 Å². The fraction of sp³-hybridized carbons (Fsp3) is 0.179. The van der Waals surface area contributed by atoms with Crippen molar-refractivity contribution in [2.45, 2.75) is 38.7 Å². The van der Waals surface area contributed by atoms with Gasteiger partial charge in [-0.2, -0.15) is 0 Å². The second-order valence-electron chi connectivity index (χ2n) is 8.71. The molecule has 1 N–H and O–H groups in total. The molecule has 0 aliphatic carbocycles. The van der Waals surface area contributed by atoms with E-state index >= 15 is 0 Å². The first-order chi connectivity index (χ1) is 17.1. The van der Waals surface area contributed by atoms with Gasteiger partial charge in [-0.3, -0.25) is 9.59 Å². The Bertz CT molecular complexity index is 1350. The third-order valence-corrected chi connectivity index (χ3v) is 6.61. The van der Waals surface area contributed by atoms with E-state index in [1.165, 1.54) is 11.8 Å². The summed E-state index contributed by atoms with van der Waals surface area (Å²) in [6.45, 7) is 7.47. The molecule has 0 spiro atoms. The highest BCUT2D eigenvalue weighted by molar-refractivity contribution is 8.04. The Morgan fingerprint density at radius 3 is 2.11 bits per heavy atom. The number of ether oxygens (including phenoxy) is 1. The Labute approximate surface area is 219 Å². The molecule has 0 unspecified atom stereocenters. The number of amides is 2. The van der Waals surface area contributed by atoms with Crippen LogP contribution in [-0.4, -0.2) is 23.9 Å². The molecule has 36 heavy (non-hydrogen) atoms. The molecule has 0 bridgehead atoms. The summed E-state index contributed by atoms with van der Waals surface area (Å²) in [6.07, 6.45) is -0.255. The van der Waals surface area contributed by atoms with Crippen LogP contribution in [0, 0.1) is 13.8 Å². The van der Waals surface area contributed by atoms with Crippen molar-refractivity contribution in [1.29, 1.82) is 0 Å². The van der Waals surface area contributed by atoms with Crippen molar-refractivity contribution in [2.24, 2.45) is 0 Å². The number of hydrogen-bond acceptors (Lipinski definition) is 6. The van der Waals surface area contributed by atoms with Gasteiger partial charge in [0, 0.05) is 15.6 Å². The molecule has 8 heteroatoms. The Morgan fingerprint density at radius 2 is 1.53 bits per heavy atom. The summed E-state index contributed by atoms with van der Waals surface area (Å²) in [5, 5.41) is 3.76. The number of benzene rings is 3. The number of carbonyl (C=O) groups is 3. The van der Waals surface area contributed by atoms with Gasteiger partial charge in [0.2, 0.25) is 0 Å². The first-order valence-corrected chi connectivity index (χ1v) is 12.5. The highest BCUT2D eigenvalue weighted by atomic mass is 35.5. The summed E-state index contributed by atoms with van der Waals surface area (Å²) in [7, 11) is 0. The van der Waals surface area contributed by atoms with Gasteiger partial charge in [-0.25, -0.2) is 9.69 Å². The SMILES string of the molecule is Cc1cc(C)cc(NC2=C(Sc3ccc(Cl)cc3)C(=O)N(c3ccc(C(=O)OC(C)C)cc3)C2=O)c1. The topological polar surface area (TPSA) is 75.7 Å². The fourth-order valence-electron chi connectivity index (χ4n) is 3.79. The average Bonchev–Trinajstić information content (AvgIpc) is 3.03. The molecule has 1 aliphatic heterocycles. The van der Waals surface area contributed by atoms with Crippen molar-refractivity contribution in [2.75, 3.05) is 10.2 Å². The molecule has 3 aromatic rings. The van der Waals surface area contributed by atoms with Crippen LogP contribution >= 0.6 is 23.4 Å². The van der Waals surface area contributed by atoms with E-state index in [1.807, 2.05) is 32.0 Å². The summed E-state index contributed by atoms with van der Waals surface area (Å²) in [6, 6.07) is 19.1. The first-order valence-electron chi connectivity index (χ1n) is 11.3. The smallest absolute Gasteiger partial charge is 0.338 e. The molecule has 3 aromatic carbocycles. The zero-order valence-electron chi connectivity index (χ0n) is 20.3. The van der Waals surface area contributed by atoms with E-state index in [2.05, 4.69) is 5.32 Å². The van der Waals surface area contributed by atoms with Gasteiger partial charge in [0.15, 0.2) is 0 Å². The van der Waals surface area contributed by atoms with E-state index < -0.39 is 17.8 Å². The molecule has 2 amide bonds. The second-order valence-corrected chi connectivity index (χ2v) is 10.2. The van der Waals surface area contributed by atoms with Gasteiger partial charge in [-0.1, -0.05) is 29.4 Å².